The lowest BCUT2D eigenvalue weighted by Gasteiger charge is -2.00. The van der Waals surface area contributed by atoms with Gasteiger partial charge in [0.15, 0.2) is 6.61 Å². The van der Waals surface area contributed by atoms with E-state index in [1.807, 2.05) is 0 Å². The molecule has 0 aromatic carbocycles. The Bertz CT molecular complexity index is 384. The summed E-state index contributed by atoms with van der Waals surface area (Å²) in [6.07, 6.45) is 0. The van der Waals surface area contributed by atoms with Crippen LogP contribution < -0.4 is 0 Å². The van der Waals surface area contributed by atoms with Gasteiger partial charge in [0, 0.05) is 0 Å². The summed E-state index contributed by atoms with van der Waals surface area (Å²) in [4.78, 5) is 19.4. The first-order valence-electron chi connectivity index (χ1n) is 4.42. The molecule has 1 heterocycles. The van der Waals surface area contributed by atoms with Gasteiger partial charge in [-0.15, -0.1) is 0 Å². The normalized spacial score (nSPS) is 9.47. The van der Waals surface area contributed by atoms with Crippen LogP contribution in [0.3, 0.4) is 0 Å². The Hall–Kier alpha value is -1.91. The highest BCUT2D eigenvalue weighted by atomic mass is 16.6. The van der Waals surface area contributed by atoms with Crippen molar-refractivity contribution in [3.63, 3.8) is 0 Å². The minimum Gasteiger partial charge on any atom is -0.477 e. The van der Waals surface area contributed by atoms with Crippen molar-refractivity contribution in [2.45, 2.75) is 20.5 Å². The van der Waals surface area contributed by atoms with Gasteiger partial charge in [-0.05, 0) is 26.0 Å². The summed E-state index contributed by atoms with van der Waals surface area (Å²) < 4.78 is 0. The highest BCUT2D eigenvalue weighted by molar-refractivity contribution is 5.85. The number of aromatic carboxylic acids is 1. The number of carbonyl (C=O) groups is 1. The monoisotopic (exact) mass is 208 g/mol. The highest BCUT2D eigenvalue weighted by Crippen LogP contribution is 2.01. The number of hydrogen-bond donors (Lipinski definition) is 1. The fourth-order valence-electron chi connectivity index (χ4n) is 0.907. The molecule has 0 saturated heterocycles. The molecule has 80 valence electrons. The van der Waals surface area contributed by atoms with E-state index in [4.69, 9.17) is 9.94 Å². The molecule has 1 rings (SSSR count). The minimum atomic E-state index is -1.05. The molecule has 0 bridgehead atoms. The quantitative estimate of drug-likeness (QED) is 0.603. The first-order valence-corrected chi connectivity index (χ1v) is 4.42. The molecule has 0 atom stereocenters. The van der Waals surface area contributed by atoms with Crippen LogP contribution in [0.1, 0.15) is 30.0 Å². The second-order valence-electron chi connectivity index (χ2n) is 3.13. The van der Waals surface area contributed by atoms with Crippen LogP contribution in [0.15, 0.2) is 23.4 Å². The number of carboxylic acids is 1. The molecule has 15 heavy (non-hydrogen) atoms. The second kappa shape index (κ2) is 5.09. The van der Waals surface area contributed by atoms with Crippen molar-refractivity contribution >= 4 is 11.7 Å². The average Bonchev–Trinajstić information content (AvgIpc) is 2.17. The van der Waals surface area contributed by atoms with Crippen LogP contribution in [0.2, 0.25) is 0 Å². The first kappa shape index (κ1) is 11.2. The molecule has 0 unspecified atom stereocenters. The second-order valence-corrected chi connectivity index (χ2v) is 3.13. The predicted octanol–water partition coefficient (Wildman–Crippen LogP) is 1.69. The van der Waals surface area contributed by atoms with Crippen LogP contribution in [-0.4, -0.2) is 21.8 Å². The molecular formula is C10H12N2O3. The zero-order valence-electron chi connectivity index (χ0n) is 8.60. The number of carboxylic acid groups (broad SMARTS) is 1. The number of oxime groups is 1. The summed E-state index contributed by atoms with van der Waals surface area (Å²) in [5, 5.41) is 12.4. The average molecular weight is 208 g/mol. The Kier molecular flexibility index (Phi) is 3.79. The van der Waals surface area contributed by atoms with Crippen LogP contribution in [-0.2, 0) is 11.4 Å². The van der Waals surface area contributed by atoms with E-state index >= 15 is 0 Å². The standard InChI is InChI=1S/C10H12N2O3/c1-7(2)12-15-6-8-4-3-5-9(11-8)10(13)14/h3-5H,6H2,1-2H3,(H,13,14). The van der Waals surface area contributed by atoms with Gasteiger partial charge in [-0.3, -0.25) is 0 Å². The molecule has 0 fully saturated rings. The van der Waals surface area contributed by atoms with Gasteiger partial charge >= 0.3 is 5.97 Å². The van der Waals surface area contributed by atoms with Gasteiger partial charge in [-0.2, -0.15) is 0 Å². The third-order valence-electron chi connectivity index (χ3n) is 1.49. The maximum absolute atomic E-state index is 10.6. The summed E-state index contributed by atoms with van der Waals surface area (Å²) in [7, 11) is 0. The van der Waals surface area contributed by atoms with E-state index in [-0.39, 0.29) is 12.3 Å². The van der Waals surface area contributed by atoms with Gasteiger partial charge in [0.25, 0.3) is 0 Å². The van der Waals surface area contributed by atoms with Crippen molar-refractivity contribution in [2.24, 2.45) is 5.16 Å². The van der Waals surface area contributed by atoms with Gasteiger partial charge in [0.05, 0.1) is 11.4 Å². The number of nitrogens with zero attached hydrogens (tertiary/aromatic N) is 2. The number of rotatable bonds is 4. The van der Waals surface area contributed by atoms with Gasteiger partial charge in [-0.25, -0.2) is 9.78 Å². The summed E-state index contributed by atoms with van der Waals surface area (Å²) in [6, 6.07) is 4.74. The van der Waals surface area contributed by atoms with Crippen molar-refractivity contribution in [3.8, 4) is 0 Å². The van der Waals surface area contributed by atoms with E-state index < -0.39 is 5.97 Å². The molecule has 1 aromatic heterocycles. The van der Waals surface area contributed by atoms with Crippen LogP contribution in [0, 0.1) is 0 Å². The lowest BCUT2D eigenvalue weighted by Crippen LogP contribution is -2.03. The van der Waals surface area contributed by atoms with E-state index in [0.29, 0.717) is 5.69 Å². The van der Waals surface area contributed by atoms with Crippen molar-refractivity contribution < 1.29 is 14.7 Å². The SMILES string of the molecule is CC(C)=NOCc1cccc(C(=O)O)n1. The molecular weight excluding hydrogens is 196 g/mol. The van der Waals surface area contributed by atoms with Gasteiger partial charge < -0.3 is 9.94 Å². The molecule has 5 nitrogen and oxygen atoms in total. The van der Waals surface area contributed by atoms with Crippen molar-refractivity contribution in [3.05, 3.63) is 29.6 Å². The summed E-state index contributed by atoms with van der Waals surface area (Å²) in [5.74, 6) is -1.05. The Morgan fingerprint density at radius 2 is 2.27 bits per heavy atom. The van der Waals surface area contributed by atoms with Crippen LogP contribution in [0.4, 0.5) is 0 Å². The number of aromatic nitrogens is 1. The Morgan fingerprint density at radius 1 is 1.53 bits per heavy atom. The molecule has 0 spiro atoms. The first-order chi connectivity index (χ1) is 7.09. The Labute approximate surface area is 87.4 Å². The third-order valence-corrected chi connectivity index (χ3v) is 1.49. The molecule has 5 heteroatoms. The van der Waals surface area contributed by atoms with Crippen LogP contribution in [0.25, 0.3) is 0 Å². The molecule has 0 amide bonds. The third kappa shape index (κ3) is 3.76. The number of pyridine rings is 1. The molecule has 1 aromatic rings. The van der Waals surface area contributed by atoms with E-state index in [9.17, 15) is 4.79 Å². The highest BCUT2D eigenvalue weighted by Gasteiger charge is 2.04. The lowest BCUT2D eigenvalue weighted by atomic mass is 10.3. The number of hydrogen-bond acceptors (Lipinski definition) is 4. The molecule has 0 radical (unpaired) electrons. The molecule has 0 aliphatic carbocycles. The fourth-order valence-corrected chi connectivity index (χ4v) is 0.907. The van der Waals surface area contributed by atoms with E-state index in [1.54, 1.807) is 26.0 Å². The van der Waals surface area contributed by atoms with Gasteiger partial charge in [-0.1, -0.05) is 11.2 Å². The maximum Gasteiger partial charge on any atom is 0.354 e. The van der Waals surface area contributed by atoms with Crippen LogP contribution in [0.5, 0.6) is 0 Å². The smallest absolute Gasteiger partial charge is 0.354 e. The molecule has 0 aliphatic rings. The summed E-state index contributed by atoms with van der Waals surface area (Å²) in [5.41, 5.74) is 1.34. The minimum absolute atomic E-state index is 0.00769. The Balaban J connectivity index is 2.66. The van der Waals surface area contributed by atoms with Gasteiger partial charge in [0.1, 0.15) is 5.69 Å². The van der Waals surface area contributed by atoms with Crippen molar-refractivity contribution in [2.75, 3.05) is 0 Å². The largest absolute Gasteiger partial charge is 0.477 e. The topological polar surface area (TPSA) is 71.8 Å². The van der Waals surface area contributed by atoms with E-state index in [0.717, 1.165) is 5.71 Å². The van der Waals surface area contributed by atoms with Crippen molar-refractivity contribution in [1.29, 1.82) is 0 Å². The molecule has 0 saturated carbocycles. The van der Waals surface area contributed by atoms with Crippen LogP contribution >= 0.6 is 0 Å². The van der Waals surface area contributed by atoms with E-state index in [2.05, 4.69) is 10.1 Å². The Morgan fingerprint density at radius 3 is 2.87 bits per heavy atom. The predicted molar refractivity (Wildman–Crippen MR) is 54.8 cm³/mol. The molecule has 0 aliphatic heterocycles. The van der Waals surface area contributed by atoms with Gasteiger partial charge in [0.2, 0.25) is 0 Å². The summed E-state index contributed by atoms with van der Waals surface area (Å²) >= 11 is 0. The lowest BCUT2D eigenvalue weighted by molar-refractivity contribution is 0.0688. The zero-order valence-corrected chi connectivity index (χ0v) is 8.60. The fraction of sp³-hybridized carbons (Fsp3) is 0.300. The zero-order chi connectivity index (χ0) is 11.3. The summed E-state index contributed by atoms with van der Waals surface area (Å²) in [6.45, 7) is 3.79. The maximum atomic E-state index is 10.6. The molecule has 1 N–H and O–H groups in total. The van der Waals surface area contributed by atoms with E-state index in [1.165, 1.54) is 6.07 Å². The van der Waals surface area contributed by atoms with Crippen molar-refractivity contribution in [1.82, 2.24) is 4.98 Å².